The first-order valence-electron chi connectivity index (χ1n) is 9.31. The molecule has 0 atom stereocenters. The normalized spacial score (nSPS) is 11.6. The first kappa shape index (κ1) is 22.5. The summed E-state index contributed by atoms with van der Waals surface area (Å²) in [5.41, 5.74) is -0.138. The third-order valence-corrected chi connectivity index (χ3v) is 5.03. The molecule has 11 heteroatoms. The van der Waals surface area contributed by atoms with Gasteiger partial charge in [0.1, 0.15) is 5.69 Å². The van der Waals surface area contributed by atoms with Gasteiger partial charge in [-0.25, -0.2) is 18.7 Å². The molecule has 0 fully saturated rings. The van der Waals surface area contributed by atoms with E-state index in [9.17, 15) is 26.7 Å². The van der Waals surface area contributed by atoms with Gasteiger partial charge in [-0.15, -0.1) is 0 Å². The van der Waals surface area contributed by atoms with E-state index in [-0.39, 0.29) is 38.7 Å². The van der Waals surface area contributed by atoms with Crippen LogP contribution in [-0.4, -0.2) is 20.9 Å². The van der Waals surface area contributed by atoms with E-state index in [1.54, 1.807) is 0 Å². The van der Waals surface area contributed by atoms with E-state index < -0.39 is 29.4 Å². The van der Waals surface area contributed by atoms with Crippen LogP contribution < -0.4 is 5.32 Å². The van der Waals surface area contributed by atoms with E-state index in [1.807, 2.05) is 0 Å². The number of alkyl halides is 3. The molecule has 2 heterocycles. The summed E-state index contributed by atoms with van der Waals surface area (Å²) in [6, 6.07) is 8.02. The number of carbonyl (C=O) groups is 1. The number of aromatic nitrogens is 3. The van der Waals surface area contributed by atoms with E-state index >= 15 is 0 Å². The van der Waals surface area contributed by atoms with Crippen LogP contribution in [0.2, 0.25) is 5.02 Å². The second-order valence-electron chi connectivity index (χ2n) is 6.99. The van der Waals surface area contributed by atoms with Crippen LogP contribution in [0.15, 0.2) is 48.7 Å². The summed E-state index contributed by atoms with van der Waals surface area (Å²) >= 11 is 6.25. The number of hydrogen-bond donors (Lipinski definition) is 1. The number of carbonyl (C=O) groups excluding carboxylic acids is 1. The van der Waals surface area contributed by atoms with Gasteiger partial charge in [0.25, 0.3) is 5.91 Å². The minimum atomic E-state index is -4.62. The van der Waals surface area contributed by atoms with Crippen LogP contribution in [0.4, 0.5) is 27.6 Å². The lowest BCUT2D eigenvalue weighted by molar-refractivity contribution is -0.141. The van der Waals surface area contributed by atoms with Crippen LogP contribution in [0.25, 0.3) is 22.3 Å². The Morgan fingerprint density at radius 2 is 1.67 bits per heavy atom. The Bertz CT molecular complexity index is 1410. The Hall–Kier alpha value is -3.66. The van der Waals surface area contributed by atoms with E-state index in [1.165, 1.54) is 31.3 Å². The fraction of sp³-hybridized carbons (Fsp3) is 0.0909. The van der Waals surface area contributed by atoms with Gasteiger partial charge in [0.15, 0.2) is 11.6 Å². The molecule has 0 bridgehead atoms. The standard InChI is InChI=1S/C22H12ClF5N4O/c1-10-12(3-5-20(30-10)22(26,27)28)21(33)31-11-2-4-14(23)13(6-11)19-9-29-17-7-15(24)16(25)8-18(17)32-19/h2-9H,1H3,(H,31,33). The molecule has 2 aromatic carbocycles. The van der Waals surface area contributed by atoms with Crippen molar-refractivity contribution in [1.29, 1.82) is 0 Å². The van der Waals surface area contributed by atoms with Gasteiger partial charge < -0.3 is 5.32 Å². The van der Waals surface area contributed by atoms with Crippen LogP contribution in [0, 0.1) is 18.6 Å². The van der Waals surface area contributed by atoms with Gasteiger partial charge in [-0.05, 0) is 37.3 Å². The van der Waals surface area contributed by atoms with Crippen molar-refractivity contribution in [2.24, 2.45) is 0 Å². The number of nitrogens with zero attached hydrogens (tertiary/aromatic N) is 3. The average molecular weight is 479 g/mol. The number of pyridine rings is 1. The number of nitrogens with one attached hydrogen (secondary N) is 1. The number of hydrogen-bond acceptors (Lipinski definition) is 4. The summed E-state index contributed by atoms with van der Waals surface area (Å²) < 4.78 is 65.4. The van der Waals surface area contributed by atoms with Crippen molar-refractivity contribution in [2.75, 3.05) is 5.32 Å². The van der Waals surface area contributed by atoms with Crippen LogP contribution in [0.1, 0.15) is 21.7 Å². The molecule has 4 rings (SSSR count). The topological polar surface area (TPSA) is 67.8 Å². The zero-order valence-electron chi connectivity index (χ0n) is 16.6. The first-order chi connectivity index (χ1) is 15.5. The number of fused-ring (bicyclic) bond motifs is 1. The first-order valence-corrected chi connectivity index (χ1v) is 9.68. The maximum atomic E-state index is 13.6. The fourth-order valence-corrected chi connectivity index (χ4v) is 3.31. The molecular formula is C22H12ClF5N4O. The van der Waals surface area contributed by atoms with Crippen molar-refractivity contribution in [3.05, 3.63) is 82.3 Å². The van der Waals surface area contributed by atoms with Crippen molar-refractivity contribution in [1.82, 2.24) is 15.0 Å². The lowest BCUT2D eigenvalue weighted by Gasteiger charge is -2.12. The SMILES string of the molecule is Cc1nc(C(F)(F)F)ccc1C(=O)Nc1ccc(Cl)c(-c2cnc3cc(F)c(F)cc3n2)c1. The van der Waals surface area contributed by atoms with Gasteiger partial charge in [0, 0.05) is 23.4 Å². The molecule has 0 radical (unpaired) electrons. The Balaban J connectivity index is 1.65. The molecule has 2 aromatic heterocycles. The average Bonchev–Trinajstić information content (AvgIpc) is 2.75. The maximum Gasteiger partial charge on any atom is 0.433 e. The Morgan fingerprint density at radius 3 is 2.33 bits per heavy atom. The minimum absolute atomic E-state index is 0.0394. The van der Waals surface area contributed by atoms with E-state index in [0.717, 1.165) is 24.3 Å². The van der Waals surface area contributed by atoms with Crippen molar-refractivity contribution >= 4 is 34.2 Å². The third kappa shape index (κ3) is 4.61. The molecule has 168 valence electrons. The molecule has 1 amide bonds. The van der Waals surface area contributed by atoms with Crippen molar-refractivity contribution in [3.8, 4) is 11.3 Å². The molecule has 1 N–H and O–H groups in total. The van der Waals surface area contributed by atoms with Gasteiger partial charge in [-0.3, -0.25) is 9.78 Å². The predicted molar refractivity (Wildman–Crippen MR) is 112 cm³/mol. The molecule has 33 heavy (non-hydrogen) atoms. The number of rotatable bonds is 3. The summed E-state index contributed by atoms with van der Waals surface area (Å²) in [6.45, 7) is 1.30. The summed E-state index contributed by atoms with van der Waals surface area (Å²) in [6.07, 6.45) is -3.31. The van der Waals surface area contributed by atoms with Crippen LogP contribution >= 0.6 is 11.6 Å². The molecular weight excluding hydrogens is 467 g/mol. The molecule has 0 aliphatic heterocycles. The Morgan fingerprint density at radius 1 is 0.970 bits per heavy atom. The van der Waals surface area contributed by atoms with Crippen LogP contribution in [-0.2, 0) is 6.18 Å². The Kier molecular flexibility index (Phi) is 5.71. The number of halogens is 6. The molecule has 0 unspecified atom stereocenters. The largest absolute Gasteiger partial charge is 0.433 e. The van der Waals surface area contributed by atoms with E-state index in [4.69, 9.17) is 11.6 Å². The second-order valence-corrected chi connectivity index (χ2v) is 7.39. The summed E-state index contributed by atoms with van der Waals surface area (Å²) in [7, 11) is 0. The number of amides is 1. The van der Waals surface area contributed by atoms with E-state index in [0.29, 0.717) is 5.56 Å². The van der Waals surface area contributed by atoms with Crippen LogP contribution in [0.3, 0.4) is 0 Å². The van der Waals surface area contributed by atoms with Crippen molar-refractivity contribution in [2.45, 2.75) is 13.1 Å². The monoisotopic (exact) mass is 478 g/mol. The maximum absolute atomic E-state index is 13.6. The van der Waals surface area contributed by atoms with Crippen molar-refractivity contribution < 1.29 is 26.7 Å². The van der Waals surface area contributed by atoms with Gasteiger partial charge in [0.05, 0.1) is 39.2 Å². The molecule has 0 aliphatic carbocycles. The van der Waals surface area contributed by atoms with E-state index in [2.05, 4.69) is 20.3 Å². The lowest BCUT2D eigenvalue weighted by atomic mass is 10.1. The van der Waals surface area contributed by atoms with Gasteiger partial charge in [0.2, 0.25) is 0 Å². The third-order valence-electron chi connectivity index (χ3n) is 4.71. The predicted octanol–water partition coefficient (Wildman–Crippen LogP) is 6.20. The summed E-state index contributed by atoms with van der Waals surface area (Å²) in [5.74, 6) is -2.81. The van der Waals surface area contributed by atoms with Gasteiger partial charge in [-0.2, -0.15) is 13.2 Å². The number of anilines is 1. The fourth-order valence-electron chi connectivity index (χ4n) is 3.09. The molecule has 0 aliphatic rings. The van der Waals surface area contributed by atoms with Crippen LogP contribution in [0.5, 0.6) is 0 Å². The lowest BCUT2D eigenvalue weighted by Crippen LogP contribution is -2.16. The molecule has 4 aromatic rings. The minimum Gasteiger partial charge on any atom is -0.322 e. The highest BCUT2D eigenvalue weighted by Gasteiger charge is 2.33. The molecule has 0 saturated carbocycles. The smallest absolute Gasteiger partial charge is 0.322 e. The van der Waals surface area contributed by atoms with Gasteiger partial charge in [-0.1, -0.05) is 11.6 Å². The highest BCUT2D eigenvalue weighted by molar-refractivity contribution is 6.33. The highest BCUT2D eigenvalue weighted by atomic mass is 35.5. The van der Waals surface area contributed by atoms with Gasteiger partial charge >= 0.3 is 6.18 Å². The quantitative estimate of drug-likeness (QED) is 0.356. The van der Waals surface area contributed by atoms with Crippen molar-refractivity contribution in [3.63, 3.8) is 0 Å². The summed E-state index contributed by atoms with van der Waals surface area (Å²) in [4.78, 5) is 24.4. The molecule has 5 nitrogen and oxygen atoms in total. The molecule has 0 spiro atoms. The summed E-state index contributed by atoms with van der Waals surface area (Å²) in [5, 5.41) is 2.82. The zero-order chi connectivity index (χ0) is 23.9. The molecule has 0 saturated heterocycles. The highest BCUT2D eigenvalue weighted by Crippen LogP contribution is 2.31. The Labute approximate surface area is 188 Å². The number of aryl methyl sites for hydroxylation is 1. The second kappa shape index (κ2) is 8.36. The zero-order valence-corrected chi connectivity index (χ0v) is 17.4. The number of benzene rings is 2.